The van der Waals surface area contributed by atoms with Gasteiger partial charge in [0.25, 0.3) is 5.56 Å². The summed E-state index contributed by atoms with van der Waals surface area (Å²) in [6, 6.07) is 17.0. The van der Waals surface area contributed by atoms with Crippen LogP contribution in [-0.2, 0) is 22.4 Å². The number of aromatic nitrogens is 5. The van der Waals surface area contributed by atoms with E-state index in [0.29, 0.717) is 11.4 Å². The van der Waals surface area contributed by atoms with Gasteiger partial charge in [0.2, 0.25) is 0 Å². The summed E-state index contributed by atoms with van der Waals surface area (Å²) in [4.78, 5) is 30.0. The van der Waals surface area contributed by atoms with Crippen molar-refractivity contribution in [2.24, 2.45) is 4.99 Å². The van der Waals surface area contributed by atoms with E-state index in [-0.39, 0.29) is 24.0 Å². The van der Waals surface area contributed by atoms with Gasteiger partial charge in [-0.3, -0.25) is 14.6 Å². The molecule has 196 valence electrons. The maximum atomic E-state index is 13.5. The molecule has 0 aliphatic carbocycles. The lowest BCUT2D eigenvalue weighted by atomic mass is 9.96. The molecule has 10 heteroatoms. The molecular formula is C29H25ClN6O3. The number of carbonyl (C=O) groups excluding carboxylic acids is 1. The van der Waals surface area contributed by atoms with Crippen molar-refractivity contribution in [2.45, 2.75) is 38.6 Å². The van der Waals surface area contributed by atoms with E-state index in [2.05, 4.69) is 21.6 Å². The molecule has 0 spiro atoms. The summed E-state index contributed by atoms with van der Waals surface area (Å²) in [5, 5.41) is 12.0. The minimum atomic E-state index is -0.264. The molecule has 0 bridgehead atoms. The van der Waals surface area contributed by atoms with Crippen molar-refractivity contribution in [3.63, 3.8) is 0 Å². The molecule has 6 rings (SSSR count). The number of fused-ring (bicyclic) bond motifs is 1. The van der Waals surface area contributed by atoms with Crippen molar-refractivity contribution < 1.29 is 9.53 Å². The topological polar surface area (TPSA) is 104 Å². The molecule has 0 fully saturated rings. The van der Waals surface area contributed by atoms with Crippen molar-refractivity contribution in [2.75, 3.05) is 7.11 Å². The second kappa shape index (κ2) is 10.1. The maximum Gasteiger partial charge on any atom is 0.309 e. The Bertz CT molecular complexity index is 1700. The third-order valence-corrected chi connectivity index (χ3v) is 7.60. The number of rotatable bonds is 6. The number of allylic oxidation sites excluding steroid dienone is 2. The van der Waals surface area contributed by atoms with Crippen LogP contribution in [-0.4, -0.2) is 43.6 Å². The maximum absolute atomic E-state index is 13.5. The fourth-order valence-corrected chi connectivity index (χ4v) is 5.65. The molecule has 1 unspecified atom stereocenters. The van der Waals surface area contributed by atoms with E-state index in [4.69, 9.17) is 21.3 Å². The van der Waals surface area contributed by atoms with Crippen LogP contribution < -0.4 is 5.56 Å². The van der Waals surface area contributed by atoms with Crippen LogP contribution in [0.2, 0.25) is 5.02 Å². The van der Waals surface area contributed by atoms with E-state index in [9.17, 15) is 9.59 Å². The molecule has 1 atom stereocenters. The van der Waals surface area contributed by atoms with Crippen LogP contribution in [0.15, 0.2) is 76.4 Å². The van der Waals surface area contributed by atoms with Crippen LogP contribution in [0.25, 0.3) is 22.4 Å². The number of pyridine rings is 1. The number of hydrogen-bond donors (Lipinski definition) is 0. The van der Waals surface area contributed by atoms with Gasteiger partial charge in [-0.2, -0.15) is 4.68 Å². The number of aryl methyl sites for hydroxylation is 1. The second-order valence-electron chi connectivity index (χ2n) is 9.71. The number of halogens is 1. The first-order valence-electron chi connectivity index (χ1n) is 12.6. The van der Waals surface area contributed by atoms with Gasteiger partial charge in [0.1, 0.15) is 6.33 Å². The third kappa shape index (κ3) is 4.70. The fraction of sp³-hybridized carbons (Fsp3) is 0.241. The third-order valence-electron chi connectivity index (χ3n) is 7.37. The van der Waals surface area contributed by atoms with Gasteiger partial charge in [0, 0.05) is 40.2 Å². The minimum Gasteiger partial charge on any atom is -0.469 e. The van der Waals surface area contributed by atoms with E-state index in [1.165, 1.54) is 13.4 Å². The molecule has 0 radical (unpaired) electrons. The average Bonchev–Trinajstić information content (AvgIpc) is 3.69. The number of carbonyl (C=O) groups is 1. The van der Waals surface area contributed by atoms with Crippen molar-refractivity contribution in [1.29, 1.82) is 0 Å². The molecular weight excluding hydrogens is 516 g/mol. The Balaban J connectivity index is 1.27. The van der Waals surface area contributed by atoms with E-state index < -0.39 is 0 Å². The van der Waals surface area contributed by atoms with Crippen molar-refractivity contribution in [3.05, 3.63) is 98.8 Å². The highest BCUT2D eigenvalue weighted by atomic mass is 35.5. The summed E-state index contributed by atoms with van der Waals surface area (Å²) in [6.07, 6.45) is 4.02. The van der Waals surface area contributed by atoms with Gasteiger partial charge < -0.3 is 9.30 Å². The first-order chi connectivity index (χ1) is 18.9. The Morgan fingerprint density at radius 3 is 2.67 bits per heavy atom. The lowest BCUT2D eigenvalue weighted by Crippen LogP contribution is -2.27. The fourth-order valence-electron chi connectivity index (χ4n) is 5.47. The van der Waals surface area contributed by atoms with Crippen LogP contribution in [0.5, 0.6) is 0 Å². The van der Waals surface area contributed by atoms with Crippen LogP contribution in [0.3, 0.4) is 0 Å². The number of aliphatic imine (C=N–C) groups is 1. The Kier molecular flexibility index (Phi) is 6.44. The monoisotopic (exact) mass is 540 g/mol. The zero-order valence-corrected chi connectivity index (χ0v) is 22.2. The van der Waals surface area contributed by atoms with E-state index >= 15 is 0 Å². The second-order valence-corrected chi connectivity index (χ2v) is 10.1. The predicted octanol–water partition coefficient (Wildman–Crippen LogP) is 4.62. The molecule has 2 aliphatic rings. The van der Waals surface area contributed by atoms with Gasteiger partial charge in [-0.15, -0.1) is 5.10 Å². The van der Waals surface area contributed by atoms with Crippen molar-refractivity contribution >= 4 is 28.9 Å². The smallest absolute Gasteiger partial charge is 0.309 e. The molecule has 0 amide bonds. The van der Waals surface area contributed by atoms with Crippen LogP contribution in [0.4, 0.5) is 0 Å². The summed E-state index contributed by atoms with van der Waals surface area (Å²) in [6.45, 7) is 2.01. The van der Waals surface area contributed by atoms with E-state index in [1.54, 1.807) is 16.8 Å². The van der Waals surface area contributed by atoms with Crippen molar-refractivity contribution in [1.82, 2.24) is 24.8 Å². The Morgan fingerprint density at radius 2 is 1.92 bits per heavy atom. The SMILES string of the molecule is COC(=O)Cc1ccc(C2=C(C)N=C(C3CCc4cc(-c5cc(Cl)ccc5-n5cnnn5)cc(=O)n43)C2)cc1. The lowest BCUT2D eigenvalue weighted by Gasteiger charge is -2.17. The zero-order valence-electron chi connectivity index (χ0n) is 21.5. The summed E-state index contributed by atoms with van der Waals surface area (Å²) < 4.78 is 8.20. The number of methoxy groups -OCH3 is 1. The average molecular weight is 541 g/mol. The molecule has 2 aromatic heterocycles. The van der Waals surface area contributed by atoms with Crippen molar-refractivity contribution in [3.8, 4) is 16.8 Å². The molecule has 39 heavy (non-hydrogen) atoms. The summed E-state index contributed by atoms with van der Waals surface area (Å²) in [5.74, 6) is -0.264. The molecule has 0 saturated heterocycles. The van der Waals surface area contributed by atoms with Gasteiger partial charge in [0.05, 0.1) is 25.3 Å². The van der Waals surface area contributed by atoms with Gasteiger partial charge in [-0.05, 0) is 76.7 Å². The largest absolute Gasteiger partial charge is 0.469 e. The highest BCUT2D eigenvalue weighted by Crippen LogP contribution is 2.38. The highest BCUT2D eigenvalue weighted by Gasteiger charge is 2.31. The number of tetrazole rings is 1. The lowest BCUT2D eigenvalue weighted by molar-refractivity contribution is -0.139. The number of nitrogens with zero attached hydrogens (tertiary/aromatic N) is 6. The van der Waals surface area contributed by atoms with Gasteiger partial charge in [0.15, 0.2) is 0 Å². The predicted molar refractivity (Wildman–Crippen MR) is 148 cm³/mol. The Labute approximate surface area is 229 Å². The Hall–Kier alpha value is -4.37. The van der Waals surface area contributed by atoms with Gasteiger partial charge in [-0.25, -0.2) is 0 Å². The van der Waals surface area contributed by atoms with Crippen LogP contribution in [0, 0.1) is 0 Å². The summed E-state index contributed by atoms with van der Waals surface area (Å²) in [7, 11) is 1.39. The highest BCUT2D eigenvalue weighted by molar-refractivity contribution is 6.31. The first-order valence-corrected chi connectivity index (χ1v) is 13.0. The number of hydrogen-bond acceptors (Lipinski definition) is 7. The number of ether oxygens (including phenoxy) is 1. The molecule has 0 N–H and O–H groups in total. The standard InChI is InChI=1S/C29H25ClN6O3/c1-17-23(19-5-3-18(4-6-19)11-29(38)39-2)15-25(32-17)27-10-8-22-12-20(13-28(37)36(22)27)24-14-21(30)7-9-26(24)35-16-31-33-34-35/h3-7,9,12-14,16,27H,8,10-11,15H2,1-2H3. The number of benzene rings is 2. The molecule has 9 nitrogen and oxygen atoms in total. The summed E-state index contributed by atoms with van der Waals surface area (Å²) >= 11 is 6.32. The molecule has 4 heterocycles. The first kappa shape index (κ1) is 24.9. The molecule has 4 aromatic rings. The Morgan fingerprint density at radius 1 is 1.10 bits per heavy atom. The molecule has 2 aliphatic heterocycles. The quantitative estimate of drug-likeness (QED) is 0.330. The van der Waals surface area contributed by atoms with Gasteiger partial charge >= 0.3 is 5.97 Å². The summed E-state index contributed by atoms with van der Waals surface area (Å²) in [5.41, 5.74) is 8.24. The number of esters is 1. The zero-order chi connectivity index (χ0) is 27.1. The minimum absolute atomic E-state index is 0.0754. The van der Waals surface area contributed by atoms with E-state index in [1.807, 2.05) is 47.9 Å². The van der Waals surface area contributed by atoms with Crippen LogP contribution >= 0.6 is 11.6 Å². The molecule has 2 aromatic carbocycles. The van der Waals surface area contributed by atoms with Gasteiger partial charge in [-0.1, -0.05) is 35.9 Å². The van der Waals surface area contributed by atoms with Crippen LogP contribution in [0.1, 0.15) is 42.6 Å². The van der Waals surface area contributed by atoms with E-state index in [0.717, 1.165) is 63.5 Å². The normalized spacial score (nSPS) is 16.4. The molecule has 0 saturated carbocycles.